The molecule has 0 aliphatic heterocycles. The summed E-state index contributed by atoms with van der Waals surface area (Å²) in [6.07, 6.45) is 4.21. The highest BCUT2D eigenvalue weighted by molar-refractivity contribution is 6.25. The van der Waals surface area contributed by atoms with Crippen molar-refractivity contribution >= 4 is 19.6 Å². The van der Waals surface area contributed by atoms with Crippen LogP contribution in [0, 0.1) is 5.92 Å². The molecule has 1 amide bonds. The molecule has 126 valence electrons. The molecule has 0 bridgehead atoms. The number of anilines is 1. The zero-order valence-electron chi connectivity index (χ0n) is 14.4. The van der Waals surface area contributed by atoms with Crippen molar-refractivity contribution in [3.63, 3.8) is 0 Å². The van der Waals surface area contributed by atoms with E-state index in [1.807, 2.05) is 6.92 Å². The largest absolute Gasteiger partial charge is 0.476 e. The summed E-state index contributed by atoms with van der Waals surface area (Å²) in [4.78, 5) is 11.3. The van der Waals surface area contributed by atoms with E-state index < -0.39 is 5.82 Å². The van der Waals surface area contributed by atoms with Gasteiger partial charge >= 0.3 is 0 Å². The Morgan fingerprint density at radius 3 is 2.43 bits per heavy atom. The van der Waals surface area contributed by atoms with Crippen molar-refractivity contribution in [2.24, 2.45) is 5.92 Å². The number of nitrogens with one attached hydrogen (secondary N) is 1. The van der Waals surface area contributed by atoms with Gasteiger partial charge in [-0.3, -0.25) is 4.79 Å². The van der Waals surface area contributed by atoms with Gasteiger partial charge in [-0.15, -0.1) is 16.8 Å². The van der Waals surface area contributed by atoms with Crippen LogP contribution in [0.4, 0.5) is 5.82 Å². The molecule has 0 saturated heterocycles. The summed E-state index contributed by atoms with van der Waals surface area (Å²) >= 11 is 0. The summed E-state index contributed by atoms with van der Waals surface area (Å²) < 4.78 is 9.68. The van der Waals surface area contributed by atoms with E-state index in [1.54, 1.807) is 39.4 Å². The van der Waals surface area contributed by atoms with Crippen LogP contribution >= 0.6 is 0 Å². The molecular formula is C16H26BN3O3. The summed E-state index contributed by atoms with van der Waals surface area (Å²) in [7, 11) is 8.67. The molecule has 7 heteroatoms. The highest BCUT2D eigenvalue weighted by Gasteiger charge is 2.22. The SMILES string of the molecule is C=CC.COC.[B][C@H](C)C(=O)Nc1ccc(OCC2CC2)nn1. The fraction of sp³-hybridized carbons (Fsp3) is 0.562. The number of methoxy groups -OCH3 is 1. The first kappa shape index (κ1) is 21.1. The molecule has 1 aliphatic rings. The topological polar surface area (TPSA) is 73.3 Å². The Kier molecular flexibility index (Phi) is 11.6. The predicted octanol–water partition coefficient (Wildman–Crippen LogP) is 2.64. The second kappa shape index (κ2) is 12.6. The van der Waals surface area contributed by atoms with Crippen molar-refractivity contribution in [1.82, 2.24) is 10.2 Å². The second-order valence-corrected chi connectivity index (χ2v) is 5.11. The lowest BCUT2D eigenvalue weighted by Crippen LogP contribution is -2.17. The highest BCUT2D eigenvalue weighted by atomic mass is 16.5. The molecule has 2 rings (SSSR count). The Balaban J connectivity index is 0.000000704. The van der Waals surface area contributed by atoms with Gasteiger partial charge in [0.15, 0.2) is 5.82 Å². The van der Waals surface area contributed by atoms with Crippen LogP contribution in [0.25, 0.3) is 0 Å². The van der Waals surface area contributed by atoms with Crippen LogP contribution in [-0.4, -0.2) is 44.8 Å². The number of amides is 1. The first-order chi connectivity index (χ1) is 11.0. The highest BCUT2D eigenvalue weighted by Crippen LogP contribution is 2.29. The molecular weight excluding hydrogens is 293 g/mol. The lowest BCUT2D eigenvalue weighted by molar-refractivity contribution is -0.115. The molecule has 0 spiro atoms. The number of carbonyl (C=O) groups excluding carboxylic acids is 1. The Labute approximate surface area is 140 Å². The molecule has 6 nitrogen and oxygen atoms in total. The van der Waals surface area contributed by atoms with Gasteiger partial charge in [0.25, 0.3) is 0 Å². The first-order valence-corrected chi connectivity index (χ1v) is 7.48. The van der Waals surface area contributed by atoms with Crippen LogP contribution in [0.15, 0.2) is 24.8 Å². The molecule has 1 N–H and O–H groups in total. The zero-order chi connectivity index (χ0) is 17.7. The zero-order valence-corrected chi connectivity index (χ0v) is 14.4. The number of aromatic nitrogens is 2. The van der Waals surface area contributed by atoms with E-state index in [4.69, 9.17) is 12.6 Å². The molecule has 1 fully saturated rings. The third-order valence-electron chi connectivity index (χ3n) is 2.47. The Morgan fingerprint density at radius 2 is 2.04 bits per heavy atom. The normalized spacial score (nSPS) is 13.4. The smallest absolute Gasteiger partial charge is 0.233 e. The van der Waals surface area contributed by atoms with Gasteiger partial charge in [0, 0.05) is 20.3 Å². The van der Waals surface area contributed by atoms with Gasteiger partial charge in [-0.2, -0.15) is 0 Å². The maximum atomic E-state index is 11.3. The van der Waals surface area contributed by atoms with Crippen LogP contribution in [0.5, 0.6) is 5.88 Å². The van der Waals surface area contributed by atoms with Crippen LogP contribution in [0.1, 0.15) is 26.7 Å². The monoisotopic (exact) mass is 319 g/mol. The van der Waals surface area contributed by atoms with Crippen molar-refractivity contribution in [3.05, 3.63) is 24.8 Å². The molecule has 23 heavy (non-hydrogen) atoms. The van der Waals surface area contributed by atoms with Crippen LogP contribution in [0.3, 0.4) is 0 Å². The number of rotatable bonds is 5. The Bertz CT molecular complexity index is 448. The van der Waals surface area contributed by atoms with Gasteiger partial charge in [-0.1, -0.05) is 13.0 Å². The fourth-order valence-electron chi connectivity index (χ4n) is 1.19. The summed E-state index contributed by atoms with van der Waals surface area (Å²) in [6.45, 7) is 7.55. The average Bonchev–Trinajstić information content (AvgIpc) is 3.32. The molecule has 1 heterocycles. The van der Waals surface area contributed by atoms with Crippen LogP contribution < -0.4 is 10.1 Å². The van der Waals surface area contributed by atoms with Crippen molar-refractivity contribution in [3.8, 4) is 5.88 Å². The van der Waals surface area contributed by atoms with Crippen molar-refractivity contribution in [2.45, 2.75) is 32.5 Å². The first-order valence-electron chi connectivity index (χ1n) is 7.48. The van der Waals surface area contributed by atoms with Gasteiger partial charge < -0.3 is 14.8 Å². The maximum Gasteiger partial charge on any atom is 0.233 e. The number of hydrogen-bond acceptors (Lipinski definition) is 5. The molecule has 1 aromatic rings. The third kappa shape index (κ3) is 11.4. The fourth-order valence-corrected chi connectivity index (χ4v) is 1.19. The number of nitrogens with zero attached hydrogens (tertiary/aromatic N) is 2. The van der Waals surface area contributed by atoms with Gasteiger partial charge in [0.2, 0.25) is 11.8 Å². The van der Waals surface area contributed by atoms with Gasteiger partial charge in [-0.25, -0.2) is 0 Å². The minimum absolute atomic E-state index is 0.286. The Hall–Kier alpha value is -1.89. The molecule has 1 atom stereocenters. The average molecular weight is 319 g/mol. The quantitative estimate of drug-likeness (QED) is 0.667. The molecule has 1 saturated carbocycles. The van der Waals surface area contributed by atoms with E-state index in [0.717, 1.165) is 0 Å². The predicted molar refractivity (Wildman–Crippen MR) is 92.9 cm³/mol. The van der Waals surface area contributed by atoms with Gasteiger partial charge in [-0.05, 0) is 37.6 Å². The van der Waals surface area contributed by atoms with E-state index in [2.05, 4.69) is 26.8 Å². The van der Waals surface area contributed by atoms with E-state index >= 15 is 0 Å². The van der Waals surface area contributed by atoms with Crippen LogP contribution in [0.2, 0.25) is 5.82 Å². The summed E-state index contributed by atoms with van der Waals surface area (Å²) in [5, 5.41) is 10.3. The maximum absolute atomic E-state index is 11.3. The van der Waals surface area contributed by atoms with Crippen molar-refractivity contribution in [1.29, 1.82) is 0 Å². The molecule has 0 aromatic carbocycles. The van der Waals surface area contributed by atoms with E-state index in [0.29, 0.717) is 24.2 Å². The van der Waals surface area contributed by atoms with Crippen molar-refractivity contribution in [2.75, 3.05) is 26.1 Å². The third-order valence-corrected chi connectivity index (χ3v) is 2.47. The summed E-state index contributed by atoms with van der Waals surface area (Å²) in [5.74, 6) is 0.685. The minimum Gasteiger partial charge on any atom is -0.476 e. The number of allylic oxidation sites excluding steroid dienone is 1. The van der Waals surface area contributed by atoms with Crippen molar-refractivity contribution < 1.29 is 14.3 Å². The molecule has 1 aliphatic carbocycles. The minimum atomic E-state index is -0.567. The number of carbonyl (C=O) groups is 1. The molecule has 2 radical (unpaired) electrons. The van der Waals surface area contributed by atoms with Crippen LogP contribution in [-0.2, 0) is 9.53 Å². The van der Waals surface area contributed by atoms with Gasteiger partial charge in [0.05, 0.1) is 14.5 Å². The standard InChI is InChI=1S/C11H14BN3O2.C3H6.C2H6O/c1-7(12)11(16)13-9-4-5-10(15-14-9)17-6-8-2-3-8;2*1-3-2/h4-5,7-8H,2-3,6H2,1H3,(H,13,14,16);3H,1H2,2H3;1-2H3/t7-;;/m1../s1. The second-order valence-electron chi connectivity index (χ2n) is 5.11. The lowest BCUT2D eigenvalue weighted by atomic mass is 9.89. The number of hydrogen-bond donors (Lipinski definition) is 1. The molecule has 0 unspecified atom stereocenters. The van der Waals surface area contributed by atoms with E-state index in [1.165, 1.54) is 12.8 Å². The van der Waals surface area contributed by atoms with Gasteiger partial charge in [0.1, 0.15) is 0 Å². The van der Waals surface area contributed by atoms with E-state index in [-0.39, 0.29) is 5.91 Å². The Morgan fingerprint density at radius 1 is 1.48 bits per heavy atom. The van der Waals surface area contributed by atoms with E-state index in [9.17, 15) is 4.79 Å². The lowest BCUT2D eigenvalue weighted by Gasteiger charge is -2.07. The number of ether oxygens (including phenoxy) is 2. The summed E-state index contributed by atoms with van der Waals surface area (Å²) in [6, 6.07) is 3.34. The molecule has 1 aromatic heterocycles. The summed E-state index contributed by atoms with van der Waals surface area (Å²) in [5.41, 5.74) is 0.